The molecule has 1 aliphatic rings. The van der Waals surface area contributed by atoms with Crippen molar-refractivity contribution in [2.45, 2.75) is 45.7 Å². The van der Waals surface area contributed by atoms with Gasteiger partial charge < -0.3 is 15.0 Å². The van der Waals surface area contributed by atoms with E-state index in [1.54, 1.807) is 12.4 Å². The highest BCUT2D eigenvalue weighted by molar-refractivity contribution is 5.07. The lowest BCUT2D eigenvalue weighted by molar-refractivity contribution is 0.228. The minimum atomic E-state index is 0.628. The Morgan fingerprint density at radius 3 is 2.86 bits per heavy atom. The second-order valence-corrected chi connectivity index (χ2v) is 6.28. The van der Waals surface area contributed by atoms with Crippen LogP contribution in [0.2, 0.25) is 0 Å². The summed E-state index contributed by atoms with van der Waals surface area (Å²) in [5, 5.41) is 3.36. The Morgan fingerprint density at radius 1 is 1.38 bits per heavy atom. The average Bonchev–Trinajstić information content (AvgIpc) is 2.86. The number of nitrogens with one attached hydrogen (secondary N) is 1. The van der Waals surface area contributed by atoms with E-state index in [1.807, 2.05) is 0 Å². The quantitative estimate of drug-likeness (QED) is 0.795. The van der Waals surface area contributed by atoms with E-state index in [2.05, 4.69) is 41.1 Å². The van der Waals surface area contributed by atoms with E-state index >= 15 is 0 Å². The van der Waals surface area contributed by atoms with Crippen LogP contribution < -0.4 is 10.1 Å². The number of hydrogen-bond acceptors (Lipinski definition) is 5. The number of likely N-dealkylation sites (tertiary alicyclic amines) is 1. The van der Waals surface area contributed by atoms with Gasteiger partial charge in [-0.15, -0.1) is 0 Å². The molecule has 0 aliphatic carbocycles. The summed E-state index contributed by atoms with van der Waals surface area (Å²) in [4.78, 5) is 11.1. The second kappa shape index (κ2) is 8.29. The van der Waals surface area contributed by atoms with Crippen LogP contribution in [0, 0.1) is 5.92 Å². The fourth-order valence-corrected chi connectivity index (χ4v) is 2.64. The summed E-state index contributed by atoms with van der Waals surface area (Å²) >= 11 is 0. The predicted molar refractivity (Wildman–Crippen MR) is 84.3 cm³/mol. The van der Waals surface area contributed by atoms with Crippen molar-refractivity contribution >= 4 is 0 Å². The first kappa shape index (κ1) is 16.2. The Labute approximate surface area is 128 Å². The molecule has 0 bridgehead atoms. The SMILES string of the molecule is CC(C)CNCc1cnc(OCCC2CCCN2C)cn1. The highest BCUT2D eigenvalue weighted by atomic mass is 16.5. The molecule has 1 aromatic rings. The van der Waals surface area contributed by atoms with Gasteiger partial charge in [-0.3, -0.25) is 4.98 Å². The van der Waals surface area contributed by atoms with Crippen molar-refractivity contribution in [1.29, 1.82) is 0 Å². The molecule has 1 unspecified atom stereocenters. The zero-order valence-electron chi connectivity index (χ0n) is 13.5. The molecule has 0 amide bonds. The van der Waals surface area contributed by atoms with Gasteiger partial charge in [-0.1, -0.05) is 13.8 Å². The lowest BCUT2D eigenvalue weighted by Crippen LogP contribution is -2.26. The van der Waals surface area contributed by atoms with Crippen molar-refractivity contribution in [3.63, 3.8) is 0 Å². The van der Waals surface area contributed by atoms with Gasteiger partial charge in [0, 0.05) is 12.6 Å². The van der Waals surface area contributed by atoms with E-state index in [1.165, 1.54) is 19.4 Å². The predicted octanol–water partition coefficient (Wildman–Crippen LogP) is 2.09. The molecular weight excluding hydrogens is 264 g/mol. The molecule has 1 fully saturated rings. The summed E-state index contributed by atoms with van der Waals surface area (Å²) in [5.74, 6) is 1.28. The molecule has 1 atom stereocenters. The first-order valence-corrected chi connectivity index (χ1v) is 8.00. The maximum Gasteiger partial charge on any atom is 0.232 e. The Bertz CT molecular complexity index is 407. The maximum atomic E-state index is 5.69. The second-order valence-electron chi connectivity index (χ2n) is 6.28. The van der Waals surface area contributed by atoms with E-state index in [0.717, 1.165) is 25.2 Å². The topological polar surface area (TPSA) is 50.3 Å². The fraction of sp³-hybridized carbons (Fsp3) is 0.750. The van der Waals surface area contributed by atoms with Crippen molar-refractivity contribution in [3.05, 3.63) is 18.1 Å². The third-order valence-electron chi connectivity index (χ3n) is 3.91. The molecule has 118 valence electrons. The van der Waals surface area contributed by atoms with Crippen LogP contribution in [-0.2, 0) is 6.54 Å². The normalized spacial score (nSPS) is 19.3. The standard InChI is InChI=1S/C16H28N4O/c1-13(2)9-17-10-14-11-19-16(12-18-14)21-8-6-15-5-4-7-20(15)3/h11-13,15,17H,4-10H2,1-3H3. The van der Waals surface area contributed by atoms with E-state index in [9.17, 15) is 0 Å². The number of rotatable bonds is 8. The van der Waals surface area contributed by atoms with Crippen LogP contribution >= 0.6 is 0 Å². The Kier molecular flexibility index (Phi) is 6.39. The third kappa shape index (κ3) is 5.59. The van der Waals surface area contributed by atoms with Gasteiger partial charge in [0.1, 0.15) is 0 Å². The van der Waals surface area contributed by atoms with Gasteiger partial charge in [0.15, 0.2) is 0 Å². The zero-order chi connectivity index (χ0) is 15.1. The zero-order valence-corrected chi connectivity index (χ0v) is 13.5. The summed E-state index contributed by atoms with van der Waals surface area (Å²) < 4.78 is 5.69. The van der Waals surface area contributed by atoms with E-state index in [4.69, 9.17) is 4.74 Å². The van der Waals surface area contributed by atoms with Crippen LogP contribution in [0.4, 0.5) is 0 Å². The van der Waals surface area contributed by atoms with Gasteiger partial charge in [-0.25, -0.2) is 4.98 Å². The van der Waals surface area contributed by atoms with Crippen LogP contribution in [0.5, 0.6) is 5.88 Å². The van der Waals surface area contributed by atoms with Crippen LogP contribution in [0.1, 0.15) is 38.8 Å². The number of nitrogens with zero attached hydrogens (tertiary/aromatic N) is 3. The summed E-state index contributed by atoms with van der Waals surface area (Å²) in [6.07, 6.45) is 7.18. The summed E-state index contributed by atoms with van der Waals surface area (Å²) in [6.45, 7) is 8.07. The molecule has 0 aromatic carbocycles. The Hall–Kier alpha value is -1.20. The molecule has 1 aliphatic heterocycles. The van der Waals surface area contributed by atoms with Gasteiger partial charge >= 0.3 is 0 Å². The van der Waals surface area contributed by atoms with Gasteiger partial charge in [0.2, 0.25) is 5.88 Å². The van der Waals surface area contributed by atoms with Crippen molar-refractivity contribution in [3.8, 4) is 5.88 Å². The monoisotopic (exact) mass is 292 g/mol. The average molecular weight is 292 g/mol. The number of hydrogen-bond donors (Lipinski definition) is 1. The highest BCUT2D eigenvalue weighted by Crippen LogP contribution is 2.18. The molecule has 1 aromatic heterocycles. The largest absolute Gasteiger partial charge is 0.477 e. The minimum Gasteiger partial charge on any atom is -0.477 e. The maximum absolute atomic E-state index is 5.69. The molecule has 0 radical (unpaired) electrons. The molecule has 0 spiro atoms. The molecule has 1 saturated heterocycles. The van der Waals surface area contributed by atoms with E-state index in [-0.39, 0.29) is 0 Å². The van der Waals surface area contributed by atoms with Crippen molar-refractivity contribution < 1.29 is 4.74 Å². The van der Waals surface area contributed by atoms with Gasteiger partial charge in [0.25, 0.3) is 0 Å². The molecule has 0 saturated carbocycles. The van der Waals surface area contributed by atoms with Crippen LogP contribution in [0.25, 0.3) is 0 Å². The smallest absolute Gasteiger partial charge is 0.232 e. The summed E-state index contributed by atoms with van der Waals surface area (Å²) in [7, 11) is 2.19. The first-order chi connectivity index (χ1) is 10.1. The van der Waals surface area contributed by atoms with Gasteiger partial charge in [-0.2, -0.15) is 0 Å². The van der Waals surface area contributed by atoms with Crippen LogP contribution in [0.3, 0.4) is 0 Å². The molecule has 5 nitrogen and oxygen atoms in total. The lowest BCUT2D eigenvalue weighted by Gasteiger charge is -2.18. The molecule has 2 heterocycles. The Morgan fingerprint density at radius 2 is 2.24 bits per heavy atom. The van der Waals surface area contributed by atoms with Gasteiger partial charge in [-0.05, 0) is 45.3 Å². The lowest BCUT2D eigenvalue weighted by atomic mass is 10.1. The number of ether oxygens (including phenoxy) is 1. The van der Waals surface area contributed by atoms with Crippen LogP contribution in [-0.4, -0.2) is 47.7 Å². The van der Waals surface area contributed by atoms with Crippen LogP contribution in [0.15, 0.2) is 12.4 Å². The van der Waals surface area contributed by atoms with Crippen molar-refractivity contribution in [1.82, 2.24) is 20.2 Å². The van der Waals surface area contributed by atoms with E-state index < -0.39 is 0 Å². The molecule has 5 heteroatoms. The number of aromatic nitrogens is 2. The summed E-state index contributed by atoms with van der Waals surface area (Å²) in [6, 6.07) is 0.664. The van der Waals surface area contributed by atoms with Crippen molar-refractivity contribution in [2.75, 3.05) is 26.7 Å². The highest BCUT2D eigenvalue weighted by Gasteiger charge is 2.20. The minimum absolute atomic E-state index is 0.628. The molecule has 1 N–H and O–H groups in total. The van der Waals surface area contributed by atoms with Crippen molar-refractivity contribution in [2.24, 2.45) is 5.92 Å². The first-order valence-electron chi connectivity index (χ1n) is 8.00. The van der Waals surface area contributed by atoms with E-state index in [0.29, 0.717) is 24.4 Å². The Balaban J connectivity index is 1.67. The molecule has 21 heavy (non-hydrogen) atoms. The summed E-state index contributed by atoms with van der Waals surface area (Å²) in [5.41, 5.74) is 0.957. The molecule has 2 rings (SSSR count). The molecular formula is C16H28N4O. The van der Waals surface area contributed by atoms with Gasteiger partial charge in [0.05, 0.1) is 24.7 Å². The fourth-order valence-electron chi connectivity index (χ4n) is 2.64. The third-order valence-corrected chi connectivity index (χ3v) is 3.91.